The number of hydrogen-bond acceptors (Lipinski definition) is 4. The minimum absolute atomic E-state index is 0.145. The van der Waals surface area contributed by atoms with Gasteiger partial charge < -0.3 is 10.2 Å². The van der Waals surface area contributed by atoms with Gasteiger partial charge in [0.2, 0.25) is 5.91 Å². The van der Waals surface area contributed by atoms with E-state index in [9.17, 15) is 9.59 Å². The average Bonchev–Trinajstić information content (AvgIpc) is 3.28. The Balaban J connectivity index is 1.40. The number of nitrogens with one attached hydrogen (secondary N) is 1. The molecular weight excluding hydrogens is 324 g/mol. The maximum Gasteiger partial charge on any atom is 0.251 e. The summed E-state index contributed by atoms with van der Waals surface area (Å²) in [7, 11) is 0. The summed E-state index contributed by atoms with van der Waals surface area (Å²) < 4.78 is 1.94. The summed E-state index contributed by atoms with van der Waals surface area (Å²) in [5, 5.41) is 4.84. The van der Waals surface area contributed by atoms with E-state index in [0.29, 0.717) is 18.5 Å². The first-order valence-electron chi connectivity index (χ1n) is 7.80. The normalized spacial score (nSPS) is 14.5. The van der Waals surface area contributed by atoms with Gasteiger partial charge in [0.25, 0.3) is 5.91 Å². The SMILES string of the molecule is O=C(NCc1cn2ccsc2n1)c1ccc(N2CCCC2=O)cc1. The van der Waals surface area contributed by atoms with Gasteiger partial charge in [0.05, 0.1) is 12.2 Å². The molecule has 0 spiro atoms. The number of carbonyl (C=O) groups excluding carboxylic acids is 2. The molecule has 3 heterocycles. The molecule has 4 rings (SSSR count). The Kier molecular flexibility index (Phi) is 3.78. The van der Waals surface area contributed by atoms with Crippen LogP contribution in [0.2, 0.25) is 0 Å². The second-order valence-electron chi connectivity index (χ2n) is 5.70. The van der Waals surface area contributed by atoms with Gasteiger partial charge in [-0.2, -0.15) is 0 Å². The molecule has 24 heavy (non-hydrogen) atoms. The van der Waals surface area contributed by atoms with E-state index in [1.54, 1.807) is 28.4 Å². The molecule has 7 heteroatoms. The second-order valence-corrected chi connectivity index (χ2v) is 6.58. The fraction of sp³-hybridized carbons (Fsp3) is 0.235. The zero-order valence-corrected chi connectivity index (χ0v) is 13.8. The molecule has 3 aromatic rings. The quantitative estimate of drug-likeness (QED) is 0.793. The molecule has 122 valence electrons. The van der Waals surface area contributed by atoms with Crippen LogP contribution in [0.3, 0.4) is 0 Å². The third-order valence-corrected chi connectivity index (χ3v) is 4.86. The van der Waals surface area contributed by atoms with Crippen LogP contribution in [-0.2, 0) is 11.3 Å². The summed E-state index contributed by atoms with van der Waals surface area (Å²) in [6.07, 6.45) is 5.35. The van der Waals surface area contributed by atoms with Crippen molar-refractivity contribution in [2.45, 2.75) is 19.4 Å². The van der Waals surface area contributed by atoms with Crippen molar-refractivity contribution in [2.75, 3.05) is 11.4 Å². The molecule has 1 saturated heterocycles. The fourth-order valence-electron chi connectivity index (χ4n) is 2.85. The highest BCUT2D eigenvalue weighted by atomic mass is 32.1. The molecule has 0 radical (unpaired) electrons. The van der Waals surface area contributed by atoms with E-state index in [0.717, 1.165) is 29.3 Å². The summed E-state index contributed by atoms with van der Waals surface area (Å²) in [6.45, 7) is 1.14. The van der Waals surface area contributed by atoms with Crippen molar-refractivity contribution in [1.29, 1.82) is 0 Å². The van der Waals surface area contributed by atoms with Crippen molar-refractivity contribution in [3.05, 3.63) is 53.3 Å². The van der Waals surface area contributed by atoms with E-state index >= 15 is 0 Å². The lowest BCUT2D eigenvalue weighted by Gasteiger charge is -2.15. The van der Waals surface area contributed by atoms with Gasteiger partial charge in [0.1, 0.15) is 0 Å². The van der Waals surface area contributed by atoms with Crippen molar-refractivity contribution in [3.63, 3.8) is 0 Å². The van der Waals surface area contributed by atoms with Crippen molar-refractivity contribution in [3.8, 4) is 0 Å². The zero-order valence-electron chi connectivity index (χ0n) is 12.9. The molecule has 1 N–H and O–H groups in total. The number of imidazole rings is 1. The largest absolute Gasteiger partial charge is 0.346 e. The third kappa shape index (κ3) is 2.78. The summed E-state index contributed by atoms with van der Waals surface area (Å²) >= 11 is 1.56. The Morgan fingerprint density at radius 1 is 1.29 bits per heavy atom. The number of thiazole rings is 1. The molecule has 2 amide bonds. The molecule has 0 aliphatic carbocycles. The lowest BCUT2D eigenvalue weighted by molar-refractivity contribution is -0.117. The average molecular weight is 340 g/mol. The van der Waals surface area contributed by atoms with E-state index in [1.807, 2.05) is 34.3 Å². The van der Waals surface area contributed by atoms with Crippen molar-refractivity contribution < 1.29 is 9.59 Å². The van der Waals surface area contributed by atoms with Gasteiger partial charge in [-0.25, -0.2) is 4.98 Å². The monoisotopic (exact) mass is 340 g/mol. The lowest BCUT2D eigenvalue weighted by atomic mass is 10.2. The molecule has 1 aliphatic rings. The van der Waals surface area contributed by atoms with Gasteiger partial charge in [-0.3, -0.25) is 14.0 Å². The molecule has 0 atom stereocenters. The number of amides is 2. The molecule has 1 fully saturated rings. The van der Waals surface area contributed by atoms with Crippen molar-refractivity contribution in [1.82, 2.24) is 14.7 Å². The molecule has 0 bridgehead atoms. The highest BCUT2D eigenvalue weighted by molar-refractivity contribution is 7.15. The van der Waals surface area contributed by atoms with Gasteiger partial charge in [0.15, 0.2) is 4.96 Å². The summed E-state index contributed by atoms with van der Waals surface area (Å²) in [5.41, 5.74) is 2.25. The third-order valence-electron chi connectivity index (χ3n) is 4.09. The van der Waals surface area contributed by atoms with Crippen LogP contribution in [0.15, 0.2) is 42.0 Å². The summed E-state index contributed by atoms with van der Waals surface area (Å²) in [4.78, 5) is 31.1. The number of rotatable bonds is 4. The number of nitrogens with zero attached hydrogens (tertiary/aromatic N) is 3. The fourth-order valence-corrected chi connectivity index (χ4v) is 3.57. The van der Waals surface area contributed by atoms with E-state index in [1.165, 1.54) is 0 Å². The highest BCUT2D eigenvalue weighted by Crippen LogP contribution is 2.21. The topological polar surface area (TPSA) is 66.7 Å². The smallest absolute Gasteiger partial charge is 0.251 e. The Morgan fingerprint density at radius 3 is 2.83 bits per heavy atom. The Morgan fingerprint density at radius 2 is 2.12 bits per heavy atom. The molecular formula is C17H16N4O2S. The van der Waals surface area contributed by atoms with Gasteiger partial charge in [-0.15, -0.1) is 11.3 Å². The van der Waals surface area contributed by atoms with Gasteiger partial charge in [-0.1, -0.05) is 0 Å². The number of benzene rings is 1. The predicted octanol–water partition coefficient (Wildman–Crippen LogP) is 2.45. The van der Waals surface area contributed by atoms with Crippen LogP contribution < -0.4 is 10.2 Å². The van der Waals surface area contributed by atoms with Crippen molar-refractivity contribution >= 4 is 33.8 Å². The molecule has 1 aliphatic heterocycles. The molecule has 0 unspecified atom stereocenters. The van der Waals surface area contributed by atoms with Crippen LogP contribution in [0.4, 0.5) is 5.69 Å². The minimum atomic E-state index is -0.148. The van der Waals surface area contributed by atoms with Gasteiger partial charge >= 0.3 is 0 Å². The maximum atomic E-state index is 12.2. The van der Waals surface area contributed by atoms with E-state index in [2.05, 4.69) is 10.3 Å². The summed E-state index contributed by atoms with van der Waals surface area (Å²) in [6, 6.07) is 7.15. The highest BCUT2D eigenvalue weighted by Gasteiger charge is 2.21. The Labute approximate surface area is 142 Å². The molecule has 2 aromatic heterocycles. The van der Waals surface area contributed by atoms with Crippen LogP contribution in [-0.4, -0.2) is 27.7 Å². The number of fused-ring (bicyclic) bond motifs is 1. The van der Waals surface area contributed by atoms with Crippen LogP contribution in [0.5, 0.6) is 0 Å². The first kappa shape index (κ1) is 14.9. The predicted molar refractivity (Wildman–Crippen MR) is 92.3 cm³/mol. The van der Waals surface area contributed by atoms with Gasteiger partial charge in [0, 0.05) is 42.0 Å². The number of aromatic nitrogens is 2. The van der Waals surface area contributed by atoms with E-state index in [4.69, 9.17) is 0 Å². The van der Waals surface area contributed by atoms with Crippen LogP contribution in [0, 0.1) is 0 Å². The maximum absolute atomic E-state index is 12.2. The number of carbonyl (C=O) groups is 2. The van der Waals surface area contributed by atoms with E-state index in [-0.39, 0.29) is 11.8 Å². The van der Waals surface area contributed by atoms with Crippen LogP contribution in [0.25, 0.3) is 4.96 Å². The van der Waals surface area contributed by atoms with Gasteiger partial charge in [-0.05, 0) is 30.7 Å². The number of anilines is 1. The summed E-state index contributed by atoms with van der Waals surface area (Å²) in [5.74, 6) is -0.00222. The van der Waals surface area contributed by atoms with Crippen LogP contribution in [0.1, 0.15) is 28.9 Å². The molecule has 6 nitrogen and oxygen atoms in total. The van der Waals surface area contributed by atoms with E-state index < -0.39 is 0 Å². The Hall–Kier alpha value is -2.67. The zero-order chi connectivity index (χ0) is 16.5. The van der Waals surface area contributed by atoms with Crippen LogP contribution >= 0.6 is 11.3 Å². The van der Waals surface area contributed by atoms with Crippen molar-refractivity contribution in [2.24, 2.45) is 0 Å². The second kappa shape index (κ2) is 6.09. The standard InChI is InChI=1S/C17H16N4O2S/c22-15-2-1-7-21(15)14-5-3-12(4-6-14)16(23)18-10-13-11-20-8-9-24-17(20)19-13/h3-6,8-9,11H,1-2,7,10H2,(H,18,23). The first-order valence-corrected chi connectivity index (χ1v) is 8.68. The lowest BCUT2D eigenvalue weighted by Crippen LogP contribution is -2.25. The molecule has 0 saturated carbocycles. The first-order chi connectivity index (χ1) is 11.7. The number of hydrogen-bond donors (Lipinski definition) is 1. The Bertz CT molecular complexity index is 868. The molecule has 1 aromatic carbocycles. The minimum Gasteiger partial charge on any atom is -0.346 e.